The van der Waals surface area contributed by atoms with Gasteiger partial charge in [0.2, 0.25) is 17.5 Å². The number of phenols is 7. The monoisotopic (exact) mass is 600 g/mol. The van der Waals surface area contributed by atoms with Crippen molar-refractivity contribution in [3.05, 3.63) is 58.3 Å². The molecule has 0 saturated carbocycles. The summed E-state index contributed by atoms with van der Waals surface area (Å²) in [4.78, 5) is 26.7. The van der Waals surface area contributed by atoms with E-state index in [1.54, 1.807) is 0 Å². The van der Waals surface area contributed by atoms with Gasteiger partial charge < -0.3 is 64.2 Å². The van der Waals surface area contributed by atoms with E-state index in [9.17, 15) is 50.4 Å². The average Bonchev–Trinajstić information content (AvgIpc) is 2.95. The largest absolute Gasteiger partial charge is 0.508 e. The van der Waals surface area contributed by atoms with Gasteiger partial charge in [-0.15, -0.1) is 0 Å². The van der Waals surface area contributed by atoms with Gasteiger partial charge in [-0.2, -0.15) is 0 Å². The summed E-state index contributed by atoms with van der Waals surface area (Å²) >= 11 is 0. The molecule has 4 atom stereocenters. The first-order valence-electron chi connectivity index (χ1n) is 12.4. The molecule has 4 unspecified atom stereocenters. The Kier molecular flexibility index (Phi) is 7.54. The summed E-state index contributed by atoms with van der Waals surface area (Å²) in [5, 5.41) is 79.5. The fourth-order valence-corrected chi connectivity index (χ4v) is 4.53. The first-order chi connectivity index (χ1) is 20.4. The standard InChI is InChI=1S/C28H24O15/c1-39-24-18(35)9-40-28(26(24)42-27(38)11-5-16(33)21(36)17(34)6-11)43-25-22(37)20-15(32)7-12(29)8-19(20)41-23(25)10-2-3-13(30)14(31)4-10/h2-8,18,24,26,28-36H,9H2,1H3. The molecule has 4 aromatic rings. The first-order valence-corrected chi connectivity index (χ1v) is 12.4. The number of methoxy groups -OCH3 is 1. The lowest BCUT2D eigenvalue weighted by atomic mass is 10.0. The lowest BCUT2D eigenvalue weighted by molar-refractivity contribution is -0.247. The van der Waals surface area contributed by atoms with Crippen LogP contribution in [0.5, 0.6) is 46.0 Å². The normalized spacial score (nSPS) is 20.1. The Morgan fingerprint density at radius 1 is 0.860 bits per heavy atom. The van der Waals surface area contributed by atoms with Gasteiger partial charge in [-0.3, -0.25) is 4.79 Å². The third-order valence-electron chi connectivity index (χ3n) is 6.61. The maximum absolute atomic E-state index is 13.7. The molecule has 0 amide bonds. The minimum Gasteiger partial charge on any atom is -0.508 e. The zero-order chi connectivity index (χ0) is 31.2. The Balaban J connectivity index is 1.61. The van der Waals surface area contributed by atoms with Gasteiger partial charge in [-0.05, 0) is 30.3 Å². The molecule has 43 heavy (non-hydrogen) atoms. The Labute approximate surface area is 240 Å². The van der Waals surface area contributed by atoms with E-state index in [1.165, 1.54) is 13.2 Å². The molecule has 15 heteroatoms. The smallest absolute Gasteiger partial charge is 0.339 e. The van der Waals surface area contributed by atoms with Crippen molar-refractivity contribution in [2.45, 2.75) is 24.6 Å². The van der Waals surface area contributed by atoms with Crippen LogP contribution in [0, 0.1) is 0 Å². The van der Waals surface area contributed by atoms with E-state index < -0.39 is 99.6 Å². The summed E-state index contributed by atoms with van der Waals surface area (Å²) in [5.41, 5.74) is -1.68. The molecule has 0 bridgehead atoms. The van der Waals surface area contributed by atoms with Crippen LogP contribution in [0.15, 0.2) is 51.7 Å². The summed E-state index contributed by atoms with van der Waals surface area (Å²) in [6, 6.07) is 6.95. The maximum atomic E-state index is 13.7. The predicted molar refractivity (Wildman–Crippen MR) is 142 cm³/mol. The highest BCUT2D eigenvalue weighted by atomic mass is 16.7. The molecular formula is C28H24O15. The number of fused-ring (bicyclic) bond motifs is 1. The van der Waals surface area contributed by atoms with Crippen LogP contribution in [0.25, 0.3) is 22.3 Å². The molecule has 15 nitrogen and oxygen atoms in total. The molecule has 0 radical (unpaired) electrons. The number of carbonyl (C=O) groups excluding carboxylic acids is 1. The Bertz CT molecular complexity index is 1760. The number of hydrogen-bond donors (Lipinski definition) is 8. The van der Waals surface area contributed by atoms with Gasteiger partial charge in [0, 0.05) is 24.8 Å². The van der Waals surface area contributed by atoms with Crippen molar-refractivity contribution in [1.29, 1.82) is 0 Å². The lowest BCUT2D eigenvalue weighted by Gasteiger charge is -2.38. The fraction of sp³-hybridized carbons (Fsp3) is 0.214. The van der Waals surface area contributed by atoms with Gasteiger partial charge in [0.25, 0.3) is 0 Å². The molecule has 1 saturated heterocycles. The number of ether oxygens (including phenoxy) is 4. The van der Waals surface area contributed by atoms with Crippen LogP contribution in [-0.4, -0.2) is 85.1 Å². The second-order valence-electron chi connectivity index (χ2n) is 9.45. The van der Waals surface area contributed by atoms with E-state index >= 15 is 0 Å². The van der Waals surface area contributed by atoms with E-state index in [4.69, 9.17) is 23.4 Å². The first kappa shape index (κ1) is 29.1. The molecule has 0 spiro atoms. The molecule has 1 aliphatic rings. The summed E-state index contributed by atoms with van der Waals surface area (Å²) in [6.45, 7) is -0.425. The van der Waals surface area contributed by atoms with Gasteiger partial charge in [0.15, 0.2) is 40.6 Å². The minimum atomic E-state index is -1.69. The number of carbonyl (C=O) groups is 1. The second-order valence-corrected chi connectivity index (χ2v) is 9.45. The van der Waals surface area contributed by atoms with Gasteiger partial charge in [-0.25, -0.2) is 4.79 Å². The number of aromatic hydroxyl groups is 7. The van der Waals surface area contributed by atoms with Crippen LogP contribution in [0.2, 0.25) is 0 Å². The van der Waals surface area contributed by atoms with Crippen molar-refractivity contribution in [2.75, 3.05) is 13.7 Å². The summed E-state index contributed by atoms with van der Waals surface area (Å²) < 4.78 is 28.0. The number of esters is 1. The highest BCUT2D eigenvalue weighted by molar-refractivity contribution is 5.91. The van der Waals surface area contributed by atoms with Gasteiger partial charge in [0.05, 0.1) is 12.2 Å². The zero-order valence-corrected chi connectivity index (χ0v) is 22.0. The van der Waals surface area contributed by atoms with Crippen LogP contribution in [0.4, 0.5) is 0 Å². The lowest BCUT2D eigenvalue weighted by Crippen LogP contribution is -2.57. The molecule has 5 rings (SSSR count). The van der Waals surface area contributed by atoms with Crippen LogP contribution in [0.3, 0.4) is 0 Å². The summed E-state index contributed by atoms with van der Waals surface area (Å²) in [6.07, 6.45) is -5.98. The molecule has 1 aliphatic heterocycles. The van der Waals surface area contributed by atoms with Crippen molar-refractivity contribution < 1.29 is 69.0 Å². The Morgan fingerprint density at radius 3 is 2.21 bits per heavy atom. The van der Waals surface area contributed by atoms with E-state index in [2.05, 4.69) is 0 Å². The Hall–Kier alpha value is -5.38. The van der Waals surface area contributed by atoms with Gasteiger partial charge in [0.1, 0.15) is 34.7 Å². The number of aliphatic hydroxyl groups excluding tert-OH is 1. The molecular weight excluding hydrogens is 576 g/mol. The van der Waals surface area contributed by atoms with Crippen LogP contribution < -0.4 is 10.2 Å². The highest BCUT2D eigenvalue weighted by Crippen LogP contribution is 2.40. The molecule has 0 aliphatic carbocycles. The van der Waals surface area contributed by atoms with E-state index in [0.717, 1.165) is 36.4 Å². The van der Waals surface area contributed by atoms with Crippen LogP contribution >= 0.6 is 0 Å². The van der Waals surface area contributed by atoms with Crippen molar-refractivity contribution in [3.8, 4) is 57.3 Å². The SMILES string of the molecule is COC1C(O)COC(Oc2c(-c3ccc(O)c(O)c3)oc3cc(O)cc(O)c3c2=O)C1OC(=O)c1cc(O)c(O)c(O)c1. The molecule has 1 fully saturated rings. The van der Waals surface area contributed by atoms with Gasteiger partial charge >= 0.3 is 5.97 Å². The number of hydrogen-bond acceptors (Lipinski definition) is 15. The van der Waals surface area contributed by atoms with Crippen LogP contribution in [-0.2, 0) is 14.2 Å². The second kappa shape index (κ2) is 11.1. The maximum Gasteiger partial charge on any atom is 0.339 e. The quantitative estimate of drug-likeness (QED) is 0.116. The van der Waals surface area contributed by atoms with Crippen LogP contribution in [0.1, 0.15) is 10.4 Å². The molecule has 8 N–H and O–H groups in total. The topological polar surface area (TPSA) is 246 Å². The van der Waals surface area contributed by atoms with E-state index in [0.29, 0.717) is 0 Å². The summed E-state index contributed by atoms with van der Waals surface area (Å²) in [5.74, 6) is -6.90. The van der Waals surface area contributed by atoms with Crippen molar-refractivity contribution in [1.82, 2.24) is 0 Å². The fourth-order valence-electron chi connectivity index (χ4n) is 4.53. The molecule has 226 valence electrons. The third kappa shape index (κ3) is 5.34. The number of rotatable bonds is 6. The van der Waals surface area contributed by atoms with Gasteiger partial charge in [-0.1, -0.05) is 0 Å². The molecule has 1 aromatic heterocycles. The number of aliphatic hydroxyl groups is 1. The average molecular weight is 600 g/mol. The summed E-state index contributed by atoms with van der Waals surface area (Å²) in [7, 11) is 1.19. The molecule has 3 aromatic carbocycles. The van der Waals surface area contributed by atoms with E-state index in [-0.39, 0.29) is 16.9 Å². The van der Waals surface area contributed by atoms with Crippen molar-refractivity contribution >= 4 is 16.9 Å². The predicted octanol–water partition coefficient (Wildman–Crippen LogP) is 1.74. The highest BCUT2D eigenvalue weighted by Gasteiger charge is 2.45. The Morgan fingerprint density at radius 2 is 1.56 bits per heavy atom. The minimum absolute atomic E-state index is 0.00476. The van der Waals surface area contributed by atoms with Crippen molar-refractivity contribution in [3.63, 3.8) is 0 Å². The number of phenolic OH excluding ortho intramolecular Hbond substituents is 7. The molecule has 2 heterocycles. The number of benzene rings is 3. The zero-order valence-electron chi connectivity index (χ0n) is 22.0. The van der Waals surface area contributed by atoms with E-state index in [1.807, 2.05) is 0 Å². The van der Waals surface area contributed by atoms with Crippen molar-refractivity contribution in [2.24, 2.45) is 0 Å². The third-order valence-corrected chi connectivity index (χ3v) is 6.61.